The zero-order valence-electron chi connectivity index (χ0n) is 11.6. The van der Waals surface area contributed by atoms with E-state index >= 15 is 0 Å². The molecule has 2 nitrogen and oxygen atoms in total. The SMILES string of the molecule is OC(CCN1CCc2ccc(F)cc21)c1cccc(F)c1. The molecule has 0 spiro atoms. The quantitative estimate of drug-likeness (QED) is 0.932. The number of halogens is 2. The van der Waals surface area contributed by atoms with Crippen LogP contribution < -0.4 is 4.90 Å². The molecule has 4 heteroatoms. The van der Waals surface area contributed by atoms with Crippen LogP contribution in [0.2, 0.25) is 0 Å². The molecule has 3 rings (SSSR count). The van der Waals surface area contributed by atoms with Gasteiger partial charge in [-0.2, -0.15) is 0 Å². The molecule has 1 aliphatic rings. The van der Waals surface area contributed by atoms with Gasteiger partial charge < -0.3 is 10.0 Å². The number of hydrogen-bond donors (Lipinski definition) is 1. The van der Waals surface area contributed by atoms with Gasteiger partial charge >= 0.3 is 0 Å². The fourth-order valence-corrected chi connectivity index (χ4v) is 2.81. The van der Waals surface area contributed by atoms with Crippen molar-refractivity contribution >= 4 is 5.69 Å². The van der Waals surface area contributed by atoms with Crippen LogP contribution >= 0.6 is 0 Å². The molecule has 0 amide bonds. The van der Waals surface area contributed by atoms with Crippen LogP contribution in [-0.4, -0.2) is 18.2 Å². The van der Waals surface area contributed by atoms with Gasteiger partial charge in [-0.1, -0.05) is 18.2 Å². The molecule has 1 N–H and O–H groups in total. The lowest BCUT2D eigenvalue weighted by atomic mass is 10.1. The monoisotopic (exact) mass is 289 g/mol. The van der Waals surface area contributed by atoms with E-state index in [1.54, 1.807) is 12.1 Å². The first kappa shape index (κ1) is 14.0. The van der Waals surface area contributed by atoms with Crippen molar-refractivity contribution in [2.24, 2.45) is 0 Å². The van der Waals surface area contributed by atoms with Gasteiger partial charge in [-0.3, -0.25) is 0 Å². The van der Waals surface area contributed by atoms with Gasteiger partial charge in [0.15, 0.2) is 0 Å². The highest BCUT2D eigenvalue weighted by molar-refractivity contribution is 5.58. The standard InChI is InChI=1S/C17H17F2NO/c18-14-3-1-2-13(10-14)17(21)7-9-20-8-6-12-4-5-15(19)11-16(12)20/h1-5,10-11,17,21H,6-9H2. The van der Waals surface area contributed by atoms with Crippen molar-refractivity contribution in [2.45, 2.75) is 18.9 Å². The zero-order valence-corrected chi connectivity index (χ0v) is 11.6. The van der Waals surface area contributed by atoms with Crippen LogP contribution in [0, 0.1) is 11.6 Å². The molecule has 0 saturated carbocycles. The predicted molar refractivity (Wildman–Crippen MR) is 78.3 cm³/mol. The Labute approximate surface area is 122 Å². The Bertz CT molecular complexity index is 644. The highest BCUT2D eigenvalue weighted by Gasteiger charge is 2.20. The van der Waals surface area contributed by atoms with E-state index in [0.717, 1.165) is 24.2 Å². The normalized spacial score (nSPS) is 15.1. The molecular weight excluding hydrogens is 272 g/mol. The molecule has 0 aromatic heterocycles. The van der Waals surface area contributed by atoms with Gasteiger partial charge in [0.25, 0.3) is 0 Å². The molecule has 0 saturated heterocycles. The first-order valence-electron chi connectivity index (χ1n) is 7.10. The number of nitrogens with zero attached hydrogens (tertiary/aromatic N) is 1. The molecule has 2 aromatic rings. The van der Waals surface area contributed by atoms with Crippen LogP contribution in [0.4, 0.5) is 14.5 Å². The number of benzene rings is 2. The smallest absolute Gasteiger partial charge is 0.125 e. The summed E-state index contributed by atoms with van der Waals surface area (Å²) in [6.07, 6.45) is 0.670. The summed E-state index contributed by atoms with van der Waals surface area (Å²) >= 11 is 0. The van der Waals surface area contributed by atoms with Crippen LogP contribution in [0.1, 0.15) is 23.7 Å². The van der Waals surface area contributed by atoms with E-state index in [1.807, 2.05) is 6.07 Å². The summed E-state index contributed by atoms with van der Waals surface area (Å²) in [7, 11) is 0. The minimum Gasteiger partial charge on any atom is -0.388 e. The van der Waals surface area contributed by atoms with Gasteiger partial charge in [0.2, 0.25) is 0 Å². The number of rotatable bonds is 4. The molecule has 1 unspecified atom stereocenters. The predicted octanol–water partition coefficient (Wildman–Crippen LogP) is 3.45. The van der Waals surface area contributed by atoms with E-state index in [0.29, 0.717) is 18.5 Å². The molecule has 110 valence electrons. The van der Waals surface area contributed by atoms with E-state index in [-0.39, 0.29) is 11.6 Å². The molecular formula is C17H17F2NO. The van der Waals surface area contributed by atoms with Crippen LogP contribution in [0.3, 0.4) is 0 Å². The van der Waals surface area contributed by atoms with E-state index in [4.69, 9.17) is 0 Å². The molecule has 0 aliphatic carbocycles. The fourth-order valence-electron chi connectivity index (χ4n) is 2.81. The summed E-state index contributed by atoms with van der Waals surface area (Å²) in [4.78, 5) is 2.07. The maximum atomic E-state index is 13.3. The lowest BCUT2D eigenvalue weighted by molar-refractivity contribution is 0.169. The van der Waals surface area contributed by atoms with Crippen LogP contribution in [0.15, 0.2) is 42.5 Å². The summed E-state index contributed by atoms with van der Waals surface area (Å²) in [6.45, 7) is 1.45. The van der Waals surface area contributed by atoms with Gasteiger partial charge in [-0.25, -0.2) is 8.78 Å². The molecule has 1 atom stereocenters. The molecule has 2 aromatic carbocycles. The second-order valence-corrected chi connectivity index (χ2v) is 5.37. The Morgan fingerprint density at radius 1 is 1.10 bits per heavy atom. The summed E-state index contributed by atoms with van der Waals surface area (Å²) in [5, 5.41) is 10.1. The maximum Gasteiger partial charge on any atom is 0.125 e. The maximum absolute atomic E-state index is 13.3. The average Bonchev–Trinajstić information content (AvgIpc) is 2.87. The third kappa shape index (κ3) is 3.05. The third-order valence-electron chi connectivity index (χ3n) is 3.94. The van der Waals surface area contributed by atoms with Gasteiger partial charge in [0.1, 0.15) is 11.6 Å². The molecule has 0 fully saturated rings. The van der Waals surface area contributed by atoms with Crippen molar-refractivity contribution in [3.05, 3.63) is 65.2 Å². The number of hydrogen-bond acceptors (Lipinski definition) is 2. The first-order chi connectivity index (χ1) is 10.1. The largest absolute Gasteiger partial charge is 0.388 e. The Morgan fingerprint density at radius 3 is 2.71 bits per heavy atom. The van der Waals surface area contributed by atoms with E-state index in [2.05, 4.69) is 4.90 Å². The van der Waals surface area contributed by atoms with E-state index in [9.17, 15) is 13.9 Å². The van der Waals surface area contributed by atoms with Gasteiger partial charge in [0, 0.05) is 18.8 Å². The summed E-state index contributed by atoms with van der Waals surface area (Å²) in [5.41, 5.74) is 2.62. The number of anilines is 1. The number of aliphatic hydroxyl groups excluding tert-OH is 1. The summed E-state index contributed by atoms with van der Waals surface area (Å²) in [6, 6.07) is 10.8. The molecule has 1 heterocycles. The van der Waals surface area contributed by atoms with Crippen molar-refractivity contribution < 1.29 is 13.9 Å². The third-order valence-corrected chi connectivity index (χ3v) is 3.94. The first-order valence-corrected chi connectivity index (χ1v) is 7.10. The van der Waals surface area contributed by atoms with Crippen molar-refractivity contribution in [1.29, 1.82) is 0 Å². The van der Waals surface area contributed by atoms with Crippen molar-refractivity contribution in [1.82, 2.24) is 0 Å². The fraction of sp³-hybridized carbons (Fsp3) is 0.294. The van der Waals surface area contributed by atoms with Crippen LogP contribution in [0.5, 0.6) is 0 Å². The lowest BCUT2D eigenvalue weighted by Crippen LogP contribution is -2.23. The molecule has 0 radical (unpaired) electrons. The Balaban J connectivity index is 1.66. The summed E-state index contributed by atoms with van der Waals surface area (Å²) in [5.74, 6) is -0.591. The van der Waals surface area contributed by atoms with E-state index < -0.39 is 6.10 Å². The lowest BCUT2D eigenvalue weighted by Gasteiger charge is -2.21. The molecule has 0 bridgehead atoms. The minimum absolute atomic E-state index is 0.244. The van der Waals surface area contributed by atoms with Crippen LogP contribution in [0.25, 0.3) is 0 Å². The number of fused-ring (bicyclic) bond motifs is 1. The van der Waals surface area contributed by atoms with Crippen LogP contribution in [-0.2, 0) is 6.42 Å². The second-order valence-electron chi connectivity index (χ2n) is 5.37. The van der Waals surface area contributed by atoms with Gasteiger partial charge in [-0.05, 0) is 48.2 Å². The van der Waals surface area contributed by atoms with Gasteiger partial charge in [-0.15, -0.1) is 0 Å². The van der Waals surface area contributed by atoms with Crippen molar-refractivity contribution in [2.75, 3.05) is 18.0 Å². The zero-order chi connectivity index (χ0) is 14.8. The minimum atomic E-state index is -0.710. The number of aliphatic hydroxyl groups is 1. The van der Waals surface area contributed by atoms with E-state index in [1.165, 1.54) is 24.3 Å². The Morgan fingerprint density at radius 2 is 1.90 bits per heavy atom. The van der Waals surface area contributed by atoms with Crippen molar-refractivity contribution in [3.63, 3.8) is 0 Å². The highest BCUT2D eigenvalue weighted by atomic mass is 19.1. The average molecular weight is 289 g/mol. The Kier molecular flexibility index (Phi) is 3.88. The topological polar surface area (TPSA) is 23.5 Å². The highest BCUT2D eigenvalue weighted by Crippen LogP contribution is 2.29. The van der Waals surface area contributed by atoms with Crippen molar-refractivity contribution in [3.8, 4) is 0 Å². The molecule has 21 heavy (non-hydrogen) atoms. The second kappa shape index (κ2) is 5.82. The van der Waals surface area contributed by atoms with Gasteiger partial charge in [0.05, 0.1) is 6.10 Å². The summed E-state index contributed by atoms with van der Waals surface area (Å²) < 4.78 is 26.5. The Hall–Kier alpha value is -1.94. The molecule has 1 aliphatic heterocycles.